The molecule has 0 bridgehead atoms. The van der Waals surface area contributed by atoms with Crippen LogP contribution in [0.25, 0.3) is 5.70 Å². The van der Waals surface area contributed by atoms with E-state index >= 15 is 0 Å². The second-order valence-corrected chi connectivity index (χ2v) is 3.13. The summed E-state index contributed by atoms with van der Waals surface area (Å²) in [5, 5.41) is 0.450. The number of pyridine rings is 1. The lowest BCUT2D eigenvalue weighted by Crippen LogP contribution is -2.05. The number of hydrogen-bond acceptors (Lipinski definition) is 3. The average Bonchev–Trinajstić information content (AvgIpc) is 2.27. The number of nitrogens with zero attached hydrogens (tertiary/aromatic N) is 2. The molecule has 0 unspecified atom stereocenters. The number of halogens is 1. The van der Waals surface area contributed by atoms with E-state index in [1.54, 1.807) is 26.2 Å². The molecule has 0 fully saturated rings. The Labute approximate surface area is 88.3 Å². The number of allylic oxidation sites excluding steroid dienone is 1. The fraction of sp³-hybridized carbons (Fsp3) is 0.200. The Hall–Kier alpha value is -1.35. The average molecular weight is 210 g/mol. The Morgan fingerprint density at radius 3 is 2.71 bits per heavy atom. The summed E-state index contributed by atoms with van der Waals surface area (Å²) in [6, 6.07) is 5.49. The molecule has 4 heteroatoms. The van der Waals surface area contributed by atoms with Gasteiger partial charge in [0, 0.05) is 13.2 Å². The van der Waals surface area contributed by atoms with Gasteiger partial charge in [-0.2, -0.15) is 0 Å². The van der Waals surface area contributed by atoms with Crippen LogP contribution in [0.15, 0.2) is 34.4 Å². The van der Waals surface area contributed by atoms with Crippen LogP contribution in [0.5, 0.6) is 0 Å². The predicted molar refractivity (Wildman–Crippen MR) is 60.2 cm³/mol. The molecule has 2 N–H and O–H groups in total. The second-order valence-electron chi connectivity index (χ2n) is 2.75. The standard InChI is InChI=1S/C10H12ClN3/c1-7(13-2)9(11)10(12)8-5-3-4-6-14-8/h3-6H,12H2,1-2H3. The predicted octanol–water partition coefficient (Wildman–Crippen LogP) is 2.04. The summed E-state index contributed by atoms with van der Waals surface area (Å²) in [4.78, 5) is 8.05. The van der Waals surface area contributed by atoms with Gasteiger partial charge in [-0.25, -0.2) is 0 Å². The van der Waals surface area contributed by atoms with Crippen molar-refractivity contribution in [3.05, 3.63) is 35.1 Å². The zero-order valence-corrected chi connectivity index (χ0v) is 8.92. The zero-order valence-electron chi connectivity index (χ0n) is 8.16. The quantitative estimate of drug-likeness (QED) is 0.758. The molecule has 0 saturated carbocycles. The monoisotopic (exact) mass is 209 g/mol. The Morgan fingerprint density at radius 1 is 1.50 bits per heavy atom. The molecule has 0 spiro atoms. The van der Waals surface area contributed by atoms with Crippen LogP contribution in [-0.4, -0.2) is 17.7 Å². The second kappa shape index (κ2) is 4.77. The fourth-order valence-corrected chi connectivity index (χ4v) is 1.11. The van der Waals surface area contributed by atoms with Gasteiger partial charge in [0.05, 0.1) is 22.1 Å². The first-order valence-electron chi connectivity index (χ1n) is 4.17. The summed E-state index contributed by atoms with van der Waals surface area (Å²) >= 11 is 6.00. The van der Waals surface area contributed by atoms with E-state index in [0.717, 1.165) is 0 Å². The normalized spacial score (nSPS) is 13.8. The zero-order chi connectivity index (χ0) is 10.6. The molecule has 0 aliphatic rings. The number of nitrogens with two attached hydrogens (primary N) is 1. The van der Waals surface area contributed by atoms with Crippen LogP contribution >= 0.6 is 11.6 Å². The van der Waals surface area contributed by atoms with Gasteiger partial charge in [-0.1, -0.05) is 17.7 Å². The Balaban J connectivity index is 3.12. The van der Waals surface area contributed by atoms with Gasteiger partial charge in [-0.15, -0.1) is 0 Å². The van der Waals surface area contributed by atoms with Crippen molar-refractivity contribution in [2.45, 2.75) is 6.92 Å². The maximum Gasteiger partial charge on any atom is 0.0874 e. The lowest BCUT2D eigenvalue weighted by Gasteiger charge is -2.03. The summed E-state index contributed by atoms with van der Waals surface area (Å²) in [7, 11) is 1.67. The highest BCUT2D eigenvalue weighted by Crippen LogP contribution is 2.15. The highest BCUT2D eigenvalue weighted by Gasteiger charge is 2.06. The van der Waals surface area contributed by atoms with Gasteiger partial charge >= 0.3 is 0 Å². The van der Waals surface area contributed by atoms with Crippen molar-refractivity contribution < 1.29 is 0 Å². The number of aliphatic imine (C=N–C) groups is 1. The fourth-order valence-electron chi connectivity index (χ4n) is 0.928. The Kier molecular flexibility index (Phi) is 3.65. The summed E-state index contributed by atoms with van der Waals surface area (Å²) in [6.07, 6.45) is 1.67. The third-order valence-corrected chi connectivity index (χ3v) is 2.31. The van der Waals surface area contributed by atoms with E-state index in [4.69, 9.17) is 17.3 Å². The molecule has 0 radical (unpaired) electrons. The molecule has 3 nitrogen and oxygen atoms in total. The van der Waals surface area contributed by atoms with Crippen molar-refractivity contribution in [3.8, 4) is 0 Å². The van der Waals surface area contributed by atoms with Gasteiger partial charge in [0.25, 0.3) is 0 Å². The molecule has 14 heavy (non-hydrogen) atoms. The van der Waals surface area contributed by atoms with Crippen LogP contribution in [-0.2, 0) is 0 Å². The van der Waals surface area contributed by atoms with Crippen molar-refractivity contribution >= 4 is 23.0 Å². The first kappa shape index (κ1) is 10.7. The molecule has 0 saturated heterocycles. The van der Waals surface area contributed by atoms with Gasteiger partial charge in [-0.05, 0) is 19.1 Å². The molecule has 0 aromatic carbocycles. The Morgan fingerprint density at radius 2 is 2.21 bits per heavy atom. The first-order valence-corrected chi connectivity index (χ1v) is 4.55. The smallest absolute Gasteiger partial charge is 0.0874 e. The molecule has 0 aliphatic heterocycles. The third kappa shape index (κ3) is 2.33. The van der Waals surface area contributed by atoms with Crippen LogP contribution in [0, 0.1) is 0 Å². The molecular weight excluding hydrogens is 198 g/mol. The van der Waals surface area contributed by atoms with Crippen molar-refractivity contribution in [3.63, 3.8) is 0 Å². The minimum atomic E-state index is 0.450. The van der Waals surface area contributed by atoms with Crippen LogP contribution in [0.1, 0.15) is 12.6 Å². The minimum absolute atomic E-state index is 0.450. The topological polar surface area (TPSA) is 51.3 Å². The van der Waals surface area contributed by atoms with E-state index in [0.29, 0.717) is 22.1 Å². The molecule has 1 aromatic heterocycles. The van der Waals surface area contributed by atoms with Crippen LogP contribution < -0.4 is 5.73 Å². The largest absolute Gasteiger partial charge is 0.396 e. The van der Waals surface area contributed by atoms with E-state index < -0.39 is 0 Å². The molecule has 0 aliphatic carbocycles. The van der Waals surface area contributed by atoms with Gasteiger partial charge in [-0.3, -0.25) is 9.98 Å². The number of rotatable bonds is 2. The van der Waals surface area contributed by atoms with Crippen molar-refractivity contribution in [1.82, 2.24) is 4.98 Å². The van der Waals surface area contributed by atoms with Crippen molar-refractivity contribution in [2.24, 2.45) is 10.7 Å². The van der Waals surface area contributed by atoms with Crippen molar-refractivity contribution in [1.29, 1.82) is 0 Å². The van der Waals surface area contributed by atoms with Gasteiger partial charge in [0.2, 0.25) is 0 Å². The van der Waals surface area contributed by atoms with E-state index in [1.807, 2.05) is 12.1 Å². The van der Waals surface area contributed by atoms with E-state index in [9.17, 15) is 0 Å². The maximum atomic E-state index is 6.00. The lowest BCUT2D eigenvalue weighted by molar-refractivity contribution is 1.25. The molecule has 1 aromatic rings. The summed E-state index contributed by atoms with van der Waals surface area (Å²) in [5.41, 5.74) is 7.64. The number of hydrogen-bond donors (Lipinski definition) is 1. The summed E-state index contributed by atoms with van der Waals surface area (Å²) < 4.78 is 0. The molecular formula is C10H12ClN3. The molecule has 1 heterocycles. The van der Waals surface area contributed by atoms with E-state index in [-0.39, 0.29) is 0 Å². The molecule has 74 valence electrons. The highest BCUT2D eigenvalue weighted by molar-refractivity contribution is 6.46. The van der Waals surface area contributed by atoms with Crippen LogP contribution in [0.3, 0.4) is 0 Å². The van der Waals surface area contributed by atoms with E-state index in [2.05, 4.69) is 9.98 Å². The SMILES string of the molecule is CN=C(C)C(Cl)=C(N)c1ccccn1. The van der Waals surface area contributed by atoms with Crippen LogP contribution in [0.4, 0.5) is 0 Å². The van der Waals surface area contributed by atoms with Gasteiger partial charge < -0.3 is 5.73 Å². The minimum Gasteiger partial charge on any atom is -0.396 e. The summed E-state index contributed by atoms with van der Waals surface area (Å²) in [6.45, 7) is 1.80. The lowest BCUT2D eigenvalue weighted by atomic mass is 10.2. The Bertz CT molecular complexity index is 368. The molecule has 1 rings (SSSR count). The third-order valence-electron chi connectivity index (χ3n) is 1.83. The highest BCUT2D eigenvalue weighted by atomic mass is 35.5. The van der Waals surface area contributed by atoms with Gasteiger partial charge in [0.1, 0.15) is 0 Å². The molecule has 0 atom stereocenters. The molecule has 0 amide bonds. The maximum absolute atomic E-state index is 6.00. The van der Waals surface area contributed by atoms with Crippen molar-refractivity contribution in [2.75, 3.05) is 7.05 Å². The van der Waals surface area contributed by atoms with Crippen LogP contribution in [0.2, 0.25) is 0 Å². The van der Waals surface area contributed by atoms with E-state index in [1.165, 1.54) is 0 Å². The first-order chi connectivity index (χ1) is 6.66. The number of aromatic nitrogens is 1. The summed E-state index contributed by atoms with van der Waals surface area (Å²) in [5.74, 6) is 0. The van der Waals surface area contributed by atoms with Gasteiger partial charge in [0.15, 0.2) is 0 Å².